The highest BCUT2D eigenvalue weighted by Gasteiger charge is 2.16. The lowest BCUT2D eigenvalue weighted by Gasteiger charge is -2.04. The molecule has 0 saturated carbocycles. The minimum absolute atomic E-state index is 0.00117. The van der Waals surface area contributed by atoms with Crippen molar-refractivity contribution in [2.45, 2.75) is 5.03 Å². The Labute approximate surface area is 97.6 Å². The van der Waals surface area contributed by atoms with Crippen LogP contribution in [0.3, 0.4) is 0 Å². The van der Waals surface area contributed by atoms with E-state index in [0.29, 0.717) is 0 Å². The molecule has 0 bridgehead atoms. The van der Waals surface area contributed by atoms with Crippen LogP contribution in [0.4, 0.5) is 0 Å². The van der Waals surface area contributed by atoms with Crippen LogP contribution in [0.5, 0.6) is 0 Å². The lowest BCUT2D eigenvalue weighted by Crippen LogP contribution is -1.95. The largest absolute Gasteiger partial charge is 0.253 e. The lowest BCUT2D eigenvalue weighted by atomic mass is 10.5. The maximum atomic E-state index is 11.1. The molecule has 2 nitrogen and oxygen atoms in total. The molecule has 1 rings (SSSR count). The summed E-state index contributed by atoms with van der Waals surface area (Å²) < 4.78 is 11.1. The Hall–Kier alpha value is 0.460. The SMILES string of the molecule is CS(=O)c1nc(Cl)c(Cl)c(Cl)c1Cl. The van der Waals surface area contributed by atoms with Crippen molar-refractivity contribution in [3.05, 3.63) is 20.2 Å². The van der Waals surface area contributed by atoms with Gasteiger partial charge in [-0.2, -0.15) is 0 Å². The summed E-state index contributed by atoms with van der Waals surface area (Å²) in [4.78, 5) is 3.75. The zero-order chi connectivity index (χ0) is 10.2. The van der Waals surface area contributed by atoms with E-state index in [9.17, 15) is 4.21 Å². The van der Waals surface area contributed by atoms with Crippen molar-refractivity contribution < 1.29 is 4.21 Å². The van der Waals surface area contributed by atoms with Crippen LogP contribution in [-0.4, -0.2) is 15.4 Å². The average Bonchev–Trinajstić information content (AvgIpc) is 2.07. The average molecular weight is 279 g/mol. The van der Waals surface area contributed by atoms with Gasteiger partial charge in [0.2, 0.25) is 0 Å². The van der Waals surface area contributed by atoms with E-state index in [1.807, 2.05) is 0 Å². The van der Waals surface area contributed by atoms with E-state index < -0.39 is 10.8 Å². The van der Waals surface area contributed by atoms with E-state index in [4.69, 9.17) is 46.4 Å². The predicted molar refractivity (Wildman–Crippen MR) is 56.6 cm³/mol. The fourth-order valence-corrected chi connectivity index (χ4v) is 2.39. The smallest absolute Gasteiger partial charge is 0.150 e. The van der Waals surface area contributed by atoms with Gasteiger partial charge in [-0.05, 0) is 0 Å². The van der Waals surface area contributed by atoms with Crippen LogP contribution in [0.2, 0.25) is 20.2 Å². The summed E-state index contributed by atoms with van der Waals surface area (Å²) >= 11 is 22.7. The van der Waals surface area contributed by atoms with Crippen molar-refractivity contribution in [1.29, 1.82) is 0 Å². The molecule has 0 aliphatic carbocycles. The summed E-state index contributed by atoms with van der Waals surface area (Å²) in [6.45, 7) is 0. The molecule has 1 unspecified atom stereocenters. The van der Waals surface area contributed by atoms with E-state index in [1.165, 1.54) is 6.26 Å². The number of pyridine rings is 1. The van der Waals surface area contributed by atoms with Gasteiger partial charge in [0.05, 0.1) is 25.9 Å². The summed E-state index contributed by atoms with van der Waals surface area (Å²) in [6, 6.07) is 0. The summed E-state index contributed by atoms with van der Waals surface area (Å²) in [5, 5.41) is 0.371. The molecule has 0 radical (unpaired) electrons. The second-order valence-electron chi connectivity index (χ2n) is 2.10. The number of hydrogen-bond donors (Lipinski definition) is 0. The fourth-order valence-electron chi connectivity index (χ4n) is 0.659. The molecule has 7 heteroatoms. The summed E-state index contributed by atoms with van der Waals surface area (Å²) in [7, 11) is -1.34. The molecule has 13 heavy (non-hydrogen) atoms. The maximum absolute atomic E-state index is 11.1. The first-order valence-electron chi connectivity index (χ1n) is 2.98. The van der Waals surface area contributed by atoms with Gasteiger partial charge >= 0.3 is 0 Å². The van der Waals surface area contributed by atoms with Crippen molar-refractivity contribution in [3.8, 4) is 0 Å². The quantitative estimate of drug-likeness (QED) is 0.737. The number of aromatic nitrogens is 1. The van der Waals surface area contributed by atoms with Crippen LogP contribution in [0.25, 0.3) is 0 Å². The lowest BCUT2D eigenvalue weighted by molar-refractivity contribution is 0.684. The first-order valence-corrected chi connectivity index (χ1v) is 6.05. The van der Waals surface area contributed by atoms with E-state index in [1.54, 1.807) is 0 Å². The van der Waals surface area contributed by atoms with Gasteiger partial charge in [0.15, 0.2) is 5.15 Å². The van der Waals surface area contributed by atoms with Crippen LogP contribution >= 0.6 is 46.4 Å². The van der Waals surface area contributed by atoms with Gasteiger partial charge in [0, 0.05) is 6.26 Å². The van der Waals surface area contributed by atoms with E-state index in [-0.39, 0.29) is 25.2 Å². The maximum Gasteiger partial charge on any atom is 0.150 e. The standard InChI is InChI=1S/C6H3Cl4NOS/c1-13(12)6-4(9)2(7)3(8)5(10)11-6/h1H3. The van der Waals surface area contributed by atoms with Crippen molar-refractivity contribution in [3.63, 3.8) is 0 Å². The normalized spacial score (nSPS) is 13.0. The Kier molecular flexibility index (Phi) is 3.83. The molecular weight excluding hydrogens is 276 g/mol. The van der Waals surface area contributed by atoms with Gasteiger partial charge < -0.3 is 0 Å². The molecule has 0 aromatic carbocycles. The molecule has 0 saturated heterocycles. The van der Waals surface area contributed by atoms with Gasteiger partial charge in [-0.3, -0.25) is 4.21 Å². The zero-order valence-electron chi connectivity index (χ0n) is 6.28. The van der Waals surface area contributed by atoms with Gasteiger partial charge in [-0.1, -0.05) is 46.4 Å². The molecule has 0 aliphatic rings. The summed E-state index contributed by atoms with van der Waals surface area (Å²) in [6.07, 6.45) is 1.43. The predicted octanol–water partition coefficient (Wildman–Crippen LogP) is 3.43. The number of rotatable bonds is 1. The molecule has 1 heterocycles. The minimum Gasteiger partial charge on any atom is -0.253 e. The fraction of sp³-hybridized carbons (Fsp3) is 0.167. The van der Waals surface area contributed by atoms with Crippen LogP contribution in [0.1, 0.15) is 0 Å². The summed E-state index contributed by atoms with van der Waals surface area (Å²) in [5.41, 5.74) is 0. The monoisotopic (exact) mass is 277 g/mol. The summed E-state index contributed by atoms with van der Waals surface area (Å²) in [5.74, 6) is 0. The van der Waals surface area contributed by atoms with Gasteiger partial charge in [0.1, 0.15) is 5.03 Å². The first-order chi connectivity index (χ1) is 5.95. The molecular formula is C6H3Cl4NOS. The second kappa shape index (κ2) is 4.32. The highest BCUT2D eigenvalue weighted by atomic mass is 35.5. The number of hydrogen-bond acceptors (Lipinski definition) is 2. The highest BCUT2D eigenvalue weighted by molar-refractivity contribution is 7.84. The molecule has 0 N–H and O–H groups in total. The van der Waals surface area contributed by atoms with Crippen molar-refractivity contribution in [1.82, 2.24) is 4.98 Å². The van der Waals surface area contributed by atoms with Crippen molar-refractivity contribution in [2.24, 2.45) is 0 Å². The third-order valence-corrected chi connectivity index (χ3v) is 3.86. The number of halogens is 4. The molecule has 1 aromatic heterocycles. The second-order valence-corrected chi connectivity index (χ2v) is 4.89. The number of nitrogens with zero attached hydrogens (tertiary/aromatic N) is 1. The molecule has 1 atom stereocenters. The van der Waals surface area contributed by atoms with Gasteiger partial charge in [-0.15, -0.1) is 0 Å². The third-order valence-electron chi connectivity index (χ3n) is 1.23. The van der Waals surface area contributed by atoms with Crippen LogP contribution in [-0.2, 0) is 10.8 Å². The van der Waals surface area contributed by atoms with E-state index in [2.05, 4.69) is 4.98 Å². The first kappa shape index (κ1) is 11.5. The Morgan fingerprint density at radius 2 is 1.62 bits per heavy atom. The van der Waals surface area contributed by atoms with Crippen LogP contribution in [0, 0.1) is 0 Å². The molecule has 1 aromatic rings. The van der Waals surface area contributed by atoms with E-state index >= 15 is 0 Å². The van der Waals surface area contributed by atoms with Gasteiger partial charge in [0.25, 0.3) is 0 Å². The van der Waals surface area contributed by atoms with Crippen molar-refractivity contribution in [2.75, 3.05) is 6.26 Å². The molecule has 72 valence electrons. The van der Waals surface area contributed by atoms with Crippen molar-refractivity contribution >= 4 is 57.2 Å². The minimum atomic E-state index is -1.34. The Morgan fingerprint density at radius 3 is 2.08 bits per heavy atom. The molecule has 0 fully saturated rings. The zero-order valence-corrected chi connectivity index (χ0v) is 10.1. The Balaban J connectivity index is 3.50. The third kappa shape index (κ3) is 2.28. The molecule has 0 aliphatic heterocycles. The topological polar surface area (TPSA) is 30.0 Å². The molecule has 0 spiro atoms. The van der Waals surface area contributed by atoms with Crippen LogP contribution in [0.15, 0.2) is 5.03 Å². The van der Waals surface area contributed by atoms with Crippen LogP contribution < -0.4 is 0 Å². The highest BCUT2D eigenvalue weighted by Crippen LogP contribution is 2.36. The Bertz CT molecular complexity index is 381. The van der Waals surface area contributed by atoms with E-state index in [0.717, 1.165) is 0 Å². The van der Waals surface area contributed by atoms with Gasteiger partial charge in [-0.25, -0.2) is 4.98 Å². The Morgan fingerprint density at radius 1 is 1.08 bits per heavy atom. The molecule has 0 amide bonds.